The van der Waals surface area contributed by atoms with Crippen molar-refractivity contribution in [2.75, 3.05) is 6.54 Å². The molecule has 0 fully saturated rings. The molecular weight excluding hydrogens is 272 g/mol. The molecule has 0 bridgehead atoms. The highest BCUT2D eigenvalue weighted by atomic mass is 19.1. The smallest absolute Gasteiger partial charge is 0.129 e. The minimum atomic E-state index is -0.555. The molecule has 2 aromatic rings. The summed E-state index contributed by atoms with van der Waals surface area (Å²) in [7, 11) is 0. The van der Waals surface area contributed by atoms with Crippen LogP contribution < -0.4 is 5.32 Å². The summed E-state index contributed by atoms with van der Waals surface area (Å²) in [6.45, 7) is 4.91. The second-order valence-corrected chi connectivity index (χ2v) is 5.10. The van der Waals surface area contributed by atoms with E-state index in [1.165, 1.54) is 12.1 Å². The third kappa shape index (κ3) is 4.14. The summed E-state index contributed by atoms with van der Waals surface area (Å²) in [6, 6.07) is 7.46. The van der Waals surface area contributed by atoms with Gasteiger partial charge in [-0.15, -0.1) is 0 Å². The van der Waals surface area contributed by atoms with E-state index in [4.69, 9.17) is 4.42 Å². The monoisotopic (exact) mass is 293 g/mol. The first-order valence-electron chi connectivity index (χ1n) is 7.40. The average Bonchev–Trinajstić information content (AvgIpc) is 2.94. The van der Waals surface area contributed by atoms with E-state index in [-0.39, 0.29) is 6.04 Å². The van der Waals surface area contributed by atoms with Crippen molar-refractivity contribution >= 4 is 0 Å². The number of hydrogen-bond acceptors (Lipinski definition) is 2. The SMILES string of the molecule is CCCNC(Cc1ccc(F)cc1F)c1ccc(CC)o1. The largest absolute Gasteiger partial charge is 0.464 e. The molecule has 1 unspecified atom stereocenters. The lowest BCUT2D eigenvalue weighted by Gasteiger charge is -2.17. The molecule has 1 N–H and O–H groups in total. The maximum atomic E-state index is 13.8. The van der Waals surface area contributed by atoms with Crippen LogP contribution in [0.4, 0.5) is 8.78 Å². The van der Waals surface area contributed by atoms with E-state index >= 15 is 0 Å². The highest BCUT2D eigenvalue weighted by molar-refractivity contribution is 5.22. The molecule has 0 spiro atoms. The summed E-state index contributed by atoms with van der Waals surface area (Å²) >= 11 is 0. The second-order valence-electron chi connectivity index (χ2n) is 5.10. The molecule has 114 valence electrons. The standard InChI is InChI=1S/C17H21F2NO/c1-3-9-20-16(17-8-7-14(4-2)21-17)10-12-5-6-13(18)11-15(12)19/h5-8,11,16,20H,3-4,9-10H2,1-2H3. The third-order valence-corrected chi connectivity index (χ3v) is 3.45. The Labute approximate surface area is 124 Å². The first-order chi connectivity index (χ1) is 10.1. The molecule has 2 rings (SSSR count). The first kappa shape index (κ1) is 15.7. The van der Waals surface area contributed by atoms with Gasteiger partial charge in [0.1, 0.15) is 23.2 Å². The van der Waals surface area contributed by atoms with Crippen molar-refractivity contribution in [2.24, 2.45) is 0 Å². The number of aryl methyl sites for hydroxylation is 1. The van der Waals surface area contributed by atoms with Gasteiger partial charge in [-0.1, -0.05) is 19.9 Å². The first-order valence-corrected chi connectivity index (χ1v) is 7.40. The van der Waals surface area contributed by atoms with E-state index in [0.717, 1.165) is 37.0 Å². The van der Waals surface area contributed by atoms with Crippen LogP contribution in [0.3, 0.4) is 0 Å². The third-order valence-electron chi connectivity index (χ3n) is 3.45. The Morgan fingerprint density at radius 1 is 1.14 bits per heavy atom. The Balaban J connectivity index is 2.19. The average molecular weight is 293 g/mol. The van der Waals surface area contributed by atoms with Crippen molar-refractivity contribution in [1.29, 1.82) is 0 Å². The molecular formula is C17H21F2NO. The van der Waals surface area contributed by atoms with E-state index < -0.39 is 11.6 Å². The van der Waals surface area contributed by atoms with Gasteiger partial charge in [-0.25, -0.2) is 8.78 Å². The van der Waals surface area contributed by atoms with Gasteiger partial charge in [0.05, 0.1) is 6.04 Å². The molecule has 0 aliphatic carbocycles. The Morgan fingerprint density at radius 3 is 2.57 bits per heavy atom. The Morgan fingerprint density at radius 2 is 1.95 bits per heavy atom. The minimum absolute atomic E-state index is 0.106. The molecule has 0 saturated heterocycles. The van der Waals surface area contributed by atoms with Crippen LogP contribution in [0.1, 0.15) is 43.4 Å². The lowest BCUT2D eigenvalue weighted by atomic mass is 10.0. The molecule has 1 atom stereocenters. The quantitative estimate of drug-likeness (QED) is 0.818. The van der Waals surface area contributed by atoms with Crippen LogP contribution in [0.2, 0.25) is 0 Å². The van der Waals surface area contributed by atoms with Crippen LogP contribution in [0.5, 0.6) is 0 Å². The van der Waals surface area contributed by atoms with E-state index in [0.29, 0.717) is 12.0 Å². The van der Waals surface area contributed by atoms with Crippen LogP contribution in [-0.2, 0) is 12.8 Å². The van der Waals surface area contributed by atoms with E-state index in [9.17, 15) is 8.78 Å². The highest BCUT2D eigenvalue weighted by Crippen LogP contribution is 2.23. The maximum Gasteiger partial charge on any atom is 0.129 e. The predicted octanol–water partition coefficient (Wildman–Crippen LogP) is 4.40. The maximum absolute atomic E-state index is 13.8. The molecule has 2 nitrogen and oxygen atoms in total. The summed E-state index contributed by atoms with van der Waals surface area (Å²) in [5, 5.41) is 3.36. The fourth-order valence-corrected chi connectivity index (χ4v) is 2.27. The van der Waals surface area contributed by atoms with Crippen LogP contribution in [0, 0.1) is 11.6 Å². The molecule has 1 aromatic heterocycles. The van der Waals surface area contributed by atoms with Crippen molar-refractivity contribution in [2.45, 2.75) is 39.2 Å². The molecule has 0 saturated carbocycles. The molecule has 21 heavy (non-hydrogen) atoms. The van der Waals surface area contributed by atoms with Gasteiger partial charge in [0.25, 0.3) is 0 Å². The van der Waals surface area contributed by atoms with Crippen molar-refractivity contribution in [1.82, 2.24) is 5.32 Å². The molecule has 1 heterocycles. The lowest BCUT2D eigenvalue weighted by Crippen LogP contribution is -2.24. The molecule has 1 aromatic carbocycles. The van der Waals surface area contributed by atoms with Gasteiger partial charge >= 0.3 is 0 Å². The fourth-order valence-electron chi connectivity index (χ4n) is 2.27. The zero-order valence-electron chi connectivity index (χ0n) is 12.5. The van der Waals surface area contributed by atoms with Crippen LogP contribution in [-0.4, -0.2) is 6.54 Å². The van der Waals surface area contributed by atoms with Gasteiger partial charge < -0.3 is 9.73 Å². The topological polar surface area (TPSA) is 25.2 Å². The van der Waals surface area contributed by atoms with Crippen molar-refractivity contribution < 1.29 is 13.2 Å². The van der Waals surface area contributed by atoms with Gasteiger partial charge in [-0.05, 0) is 43.1 Å². The van der Waals surface area contributed by atoms with E-state index in [2.05, 4.69) is 12.2 Å². The number of rotatable bonds is 7. The van der Waals surface area contributed by atoms with Crippen LogP contribution in [0.15, 0.2) is 34.7 Å². The van der Waals surface area contributed by atoms with E-state index in [1.807, 2.05) is 19.1 Å². The summed E-state index contributed by atoms with van der Waals surface area (Å²) in [6.07, 6.45) is 2.23. The predicted molar refractivity (Wildman–Crippen MR) is 79.2 cm³/mol. The zero-order chi connectivity index (χ0) is 15.2. The number of nitrogens with one attached hydrogen (secondary N) is 1. The lowest BCUT2D eigenvalue weighted by molar-refractivity contribution is 0.389. The van der Waals surface area contributed by atoms with Crippen molar-refractivity contribution in [3.63, 3.8) is 0 Å². The minimum Gasteiger partial charge on any atom is -0.464 e. The highest BCUT2D eigenvalue weighted by Gasteiger charge is 2.17. The van der Waals surface area contributed by atoms with Crippen molar-refractivity contribution in [3.8, 4) is 0 Å². The zero-order valence-corrected chi connectivity index (χ0v) is 12.5. The number of benzene rings is 1. The van der Waals surface area contributed by atoms with Gasteiger partial charge in [0.2, 0.25) is 0 Å². The molecule has 0 amide bonds. The van der Waals surface area contributed by atoms with Gasteiger partial charge in [-0.3, -0.25) is 0 Å². The summed E-state index contributed by atoms with van der Waals surface area (Å²) in [5.74, 6) is 0.637. The Hall–Kier alpha value is -1.68. The van der Waals surface area contributed by atoms with Crippen LogP contribution in [0.25, 0.3) is 0 Å². The van der Waals surface area contributed by atoms with Gasteiger partial charge in [-0.2, -0.15) is 0 Å². The molecule has 4 heteroatoms. The van der Waals surface area contributed by atoms with Gasteiger partial charge in [0.15, 0.2) is 0 Å². The fraction of sp³-hybridized carbons (Fsp3) is 0.412. The van der Waals surface area contributed by atoms with Crippen LogP contribution >= 0.6 is 0 Å². The second kappa shape index (κ2) is 7.36. The summed E-state index contributed by atoms with van der Waals surface area (Å²) in [5.41, 5.74) is 0.486. The number of halogens is 2. The Bertz CT molecular complexity index is 580. The van der Waals surface area contributed by atoms with E-state index in [1.54, 1.807) is 0 Å². The Kier molecular flexibility index (Phi) is 5.51. The molecule has 0 radical (unpaired) electrons. The normalized spacial score (nSPS) is 12.6. The number of hydrogen-bond donors (Lipinski definition) is 1. The molecule has 0 aliphatic rings. The summed E-state index contributed by atoms with van der Waals surface area (Å²) < 4.78 is 32.6. The van der Waals surface area contributed by atoms with Crippen molar-refractivity contribution in [3.05, 3.63) is 59.1 Å². The number of furan rings is 1. The van der Waals surface area contributed by atoms with Gasteiger partial charge in [0, 0.05) is 12.5 Å². The summed E-state index contributed by atoms with van der Waals surface area (Å²) in [4.78, 5) is 0. The molecule has 0 aliphatic heterocycles.